The van der Waals surface area contributed by atoms with Crippen molar-refractivity contribution in [3.63, 3.8) is 0 Å². The van der Waals surface area contributed by atoms with Gasteiger partial charge < -0.3 is 24.8 Å². The zero-order chi connectivity index (χ0) is 24.8. The second-order valence-corrected chi connectivity index (χ2v) is 9.64. The smallest absolute Gasteiger partial charge is 0.242 e. The van der Waals surface area contributed by atoms with Gasteiger partial charge in [-0.1, -0.05) is 0 Å². The topological polar surface area (TPSA) is 115 Å². The highest BCUT2D eigenvalue weighted by Crippen LogP contribution is 2.32. The van der Waals surface area contributed by atoms with Gasteiger partial charge in [0, 0.05) is 29.5 Å². The number of carbonyl (C=O) groups is 1. The molecule has 3 aromatic rings. The zero-order valence-electron chi connectivity index (χ0n) is 19.4. The van der Waals surface area contributed by atoms with Gasteiger partial charge in [0.25, 0.3) is 0 Å². The summed E-state index contributed by atoms with van der Waals surface area (Å²) in [6.45, 7) is 2.43. The van der Waals surface area contributed by atoms with Gasteiger partial charge >= 0.3 is 0 Å². The predicted molar refractivity (Wildman–Crippen MR) is 133 cm³/mol. The summed E-state index contributed by atoms with van der Waals surface area (Å²) in [5, 5.41) is 5.98. The van der Waals surface area contributed by atoms with Gasteiger partial charge in [0.2, 0.25) is 15.9 Å². The summed E-state index contributed by atoms with van der Waals surface area (Å²) < 4.78 is 44.3. The standard InChI is InChI=1S/C25H27N3O6S/c1-17(28-35(30,31)22-12-13-23-24(16-22)34-15-3-14-33-23)25(29)27-20-6-4-18(5-7-20)26-19-8-10-21(32-2)11-9-19/h4-13,16-17,26,28H,3,14-15H2,1-2H3,(H,27,29)/t17-/m1/s1. The number of anilines is 3. The van der Waals surface area contributed by atoms with Crippen LogP contribution in [-0.4, -0.2) is 40.7 Å². The SMILES string of the molecule is COc1ccc(Nc2ccc(NC(=O)[C@@H](C)NS(=O)(=O)c3ccc4c(c3)OCCCO4)cc2)cc1. The van der Waals surface area contributed by atoms with Gasteiger partial charge in [-0.05, 0) is 67.6 Å². The minimum atomic E-state index is -3.95. The lowest BCUT2D eigenvalue weighted by Gasteiger charge is -2.16. The molecule has 35 heavy (non-hydrogen) atoms. The summed E-state index contributed by atoms with van der Waals surface area (Å²) in [5.74, 6) is 1.14. The third kappa shape index (κ3) is 6.23. The van der Waals surface area contributed by atoms with Crippen molar-refractivity contribution in [3.05, 3.63) is 66.7 Å². The molecule has 3 N–H and O–H groups in total. The molecular formula is C25H27N3O6S. The molecule has 0 bridgehead atoms. The molecule has 4 rings (SSSR count). The Kier molecular flexibility index (Phi) is 7.42. The van der Waals surface area contributed by atoms with Gasteiger partial charge in [0.15, 0.2) is 11.5 Å². The Hall–Kier alpha value is -3.76. The van der Waals surface area contributed by atoms with E-state index in [1.54, 1.807) is 25.3 Å². The van der Waals surface area contributed by atoms with Crippen molar-refractivity contribution >= 4 is 33.0 Å². The van der Waals surface area contributed by atoms with E-state index < -0.39 is 22.0 Å². The van der Waals surface area contributed by atoms with Crippen LogP contribution in [0.3, 0.4) is 0 Å². The van der Waals surface area contributed by atoms with Crippen LogP contribution in [0, 0.1) is 0 Å². The molecule has 0 spiro atoms. The number of ether oxygens (including phenoxy) is 3. The number of nitrogens with one attached hydrogen (secondary N) is 3. The summed E-state index contributed by atoms with van der Waals surface area (Å²) >= 11 is 0. The first-order chi connectivity index (χ1) is 16.8. The fourth-order valence-corrected chi connectivity index (χ4v) is 4.61. The lowest BCUT2D eigenvalue weighted by atomic mass is 10.2. The number of amides is 1. The number of rotatable bonds is 8. The van der Waals surface area contributed by atoms with E-state index in [2.05, 4.69) is 15.4 Å². The van der Waals surface area contributed by atoms with Crippen molar-refractivity contribution in [2.24, 2.45) is 0 Å². The Labute approximate surface area is 204 Å². The second kappa shape index (κ2) is 10.7. The van der Waals surface area contributed by atoms with Gasteiger partial charge in [-0.15, -0.1) is 0 Å². The van der Waals surface area contributed by atoms with Crippen LogP contribution in [0.25, 0.3) is 0 Å². The number of hydrogen-bond acceptors (Lipinski definition) is 7. The molecule has 1 aliphatic rings. The van der Waals surface area contributed by atoms with Gasteiger partial charge in [0.05, 0.1) is 31.3 Å². The molecule has 1 heterocycles. The van der Waals surface area contributed by atoms with Crippen LogP contribution in [0.1, 0.15) is 13.3 Å². The maximum Gasteiger partial charge on any atom is 0.242 e. The van der Waals surface area contributed by atoms with E-state index in [1.165, 1.54) is 19.1 Å². The van der Waals surface area contributed by atoms with E-state index in [-0.39, 0.29) is 4.90 Å². The molecule has 10 heteroatoms. The molecule has 0 radical (unpaired) electrons. The molecule has 0 aliphatic carbocycles. The van der Waals surface area contributed by atoms with E-state index in [0.717, 1.165) is 17.1 Å². The fourth-order valence-electron chi connectivity index (χ4n) is 3.39. The van der Waals surface area contributed by atoms with Gasteiger partial charge in [-0.3, -0.25) is 4.79 Å². The normalized spacial score (nSPS) is 13.9. The first-order valence-electron chi connectivity index (χ1n) is 11.1. The van der Waals surface area contributed by atoms with Gasteiger partial charge in [-0.25, -0.2) is 8.42 Å². The average molecular weight is 498 g/mol. The highest BCUT2D eigenvalue weighted by molar-refractivity contribution is 7.89. The molecule has 0 unspecified atom stereocenters. The summed E-state index contributed by atoms with van der Waals surface area (Å²) in [7, 11) is -2.34. The van der Waals surface area contributed by atoms with Crippen LogP contribution in [0.5, 0.6) is 17.2 Å². The number of carbonyl (C=O) groups excluding carboxylic acids is 1. The number of fused-ring (bicyclic) bond motifs is 1. The van der Waals surface area contributed by atoms with Crippen LogP contribution in [-0.2, 0) is 14.8 Å². The van der Waals surface area contributed by atoms with Crippen molar-refractivity contribution in [3.8, 4) is 17.2 Å². The highest BCUT2D eigenvalue weighted by Gasteiger charge is 2.24. The van der Waals surface area contributed by atoms with Crippen LogP contribution in [0.2, 0.25) is 0 Å². The van der Waals surface area contributed by atoms with Crippen molar-refractivity contribution < 1.29 is 27.4 Å². The Morgan fingerprint density at radius 1 is 0.886 bits per heavy atom. The third-order valence-electron chi connectivity index (χ3n) is 5.29. The van der Waals surface area contributed by atoms with Crippen molar-refractivity contribution in [1.82, 2.24) is 4.72 Å². The molecule has 9 nitrogen and oxygen atoms in total. The summed E-state index contributed by atoms with van der Waals surface area (Å²) in [5.41, 5.74) is 2.26. The number of sulfonamides is 1. The molecule has 1 amide bonds. The quantitative estimate of drug-likeness (QED) is 0.432. The van der Waals surface area contributed by atoms with Crippen LogP contribution in [0.15, 0.2) is 71.6 Å². The van der Waals surface area contributed by atoms with Gasteiger partial charge in [0.1, 0.15) is 5.75 Å². The largest absolute Gasteiger partial charge is 0.497 e. The van der Waals surface area contributed by atoms with Crippen molar-refractivity contribution in [2.45, 2.75) is 24.3 Å². The summed E-state index contributed by atoms with van der Waals surface area (Å²) in [4.78, 5) is 12.6. The molecule has 0 saturated carbocycles. The van der Waals surface area contributed by atoms with Crippen LogP contribution in [0.4, 0.5) is 17.1 Å². The van der Waals surface area contributed by atoms with E-state index >= 15 is 0 Å². The maximum atomic E-state index is 12.8. The highest BCUT2D eigenvalue weighted by atomic mass is 32.2. The molecule has 1 aliphatic heterocycles. The third-order valence-corrected chi connectivity index (χ3v) is 6.82. The Bertz CT molecular complexity index is 1280. The van der Waals surface area contributed by atoms with E-state index in [9.17, 15) is 13.2 Å². The van der Waals surface area contributed by atoms with E-state index in [4.69, 9.17) is 14.2 Å². The molecule has 0 fully saturated rings. The van der Waals surface area contributed by atoms with Crippen molar-refractivity contribution in [1.29, 1.82) is 0 Å². The van der Waals surface area contributed by atoms with E-state index in [0.29, 0.717) is 36.8 Å². The minimum Gasteiger partial charge on any atom is -0.497 e. The van der Waals surface area contributed by atoms with Gasteiger partial charge in [-0.2, -0.15) is 4.72 Å². The number of methoxy groups -OCH3 is 1. The molecule has 1 atom stereocenters. The lowest BCUT2D eigenvalue weighted by molar-refractivity contribution is -0.117. The minimum absolute atomic E-state index is 0.00430. The van der Waals surface area contributed by atoms with E-state index in [1.807, 2.05) is 36.4 Å². The van der Waals surface area contributed by atoms with Crippen molar-refractivity contribution in [2.75, 3.05) is 31.0 Å². The second-order valence-electron chi connectivity index (χ2n) is 7.92. The average Bonchev–Trinajstić information content (AvgIpc) is 3.10. The molecule has 184 valence electrons. The summed E-state index contributed by atoms with van der Waals surface area (Å²) in [6.07, 6.45) is 0.713. The Balaban J connectivity index is 1.35. The molecular weight excluding hydrogens is 470 g/mol. The predicted octanol–water partition coefficient (Wildman–Crippen LogP) is 3.91. The zero-order valence-corrected chi connectivity index (χ0v) is 20.2. The maximum absolute atomic E-state index is 12.8. The molecule has 0 aromatic heterocycles. The fraction of sp³-hybridized carbons (Fsp3) is 0.240. The first-order valence-corrected chi connectivity index (χ1v) is 12.6. The number of hydrogen-bond donors (Lipinski definition) is 3. The lowest BCUT2D eigenvalue weighted by Crippen LogP contribution is -2.41. The first kappa shape index (κ1) is 24.4. The van der Waals surface area contributed by atoms with Crippen LogP contribution >= 0.6 is 0 Å². The molecule has 0 saturated heterocycles. The summed E-state index contributed by atoms with van der Waals surface area (Å²) in [6, 6.07) is 18.0. The Morgan fingerprint density at radius 3 is 2.14 bits per heavy atom. The van der Waals surface area contributed by atoms with Crippen LogP contribution < -0.4 is 29.6 Å². The Morgan fingerprint density at radius 2 is 1.49 bits per heavy atom. The number of benzene rings is 3. The molecule has 3 aromatic carbocycles. The monoisotopic (exact) mass is 497 g/mol.